The van der Waals surface area contributed by atoms with Gasteiger partial charge in [-0.3, -0.25) is 13.9 Å². The number of rotatable bonds is 12. The van der Waals surface area contributed by atoms with E-state index in [-0.39, 0.29) is 23.0 Å². The predicted molar refractivity (Wildman–Crippen MR) is 153 cm³/mol. The molecule has 2 amide bonds. The highest BCUT2D eigenvalue weighted by Crippen LogP contribution is 2.33. The molecular weight excluding hydrogens is 514 g/mol. The Labute approximate surface area is 231 Å². The average Bonchev–Trinajstić information content (AvgIpc) is 2.91. The van der Waals surface area contributed by atoms with E-state index in [1.807, 2.05) is 38.1 Å². The first kappa shape index (κ1) is 29.7. The topological polar surface area (TPSA) is 96.0 Å². The first-order chi connectivity index (χ1) is 18.6. The molecule has 0 aromatic heterocycles. The molecule has 1 N–H and O–H groups in total. The van der Waals surface area contributed by atoms with Crippen LogP contribution in [0.2, 0.25) is 0 Å². The predicted octanol–water partition coefficient (Wildman–Crippen LogP) is 4.45. The molecule has 0 saturated carbocycles. The summed E-state index contributed by atoms with van der Waals surface area (Å²) in [6.07, 6.45) is 0. The van der Waals surface area contributed by atoms with E-state index in [0.717, 1.165) is 21.0 Å². The standard InChI is InChI=1S/C30H37N3O5S/c1-6-31-30(35)24(5)32(20-25-12-10-11-23(4)19-25)29(34)21-33(27-13-8-9-14-28(27)38-7-2)39(36,37)26-17-15-22(3)16-18-26/h8-19,24H,6-7,20-21H2,1-5H3,(H,31,35)/t24-/m0/s1. The van der Waals surface area contributed by atoms with Crippen LogP contribution in [0.25, 0.3) is 0 Å². The maximum atomic E-state index is 14.0. The Balaban J connectivity index is 2.08. The number of likely N-dealkylation sites (N-methyl/N-ethyl adjacent to an activating group) is 1. The van der Waals surface area contributed by atoms with Crippen LogP contribution >= 0.6 is 0 Å². The van der Waals surface area contributed by atoms with Crippen molar-refractivity contribution in [2.24, 2.45) is 0 Å². The molecule has 0 aliphatic rings. The lowest BCUT2D eigenvalue weighted by Gasteiger charge is -2.32. The van der Waals surface area contributed by atoms with Crippen molar-refractivity contribution in [3.8, 4) is 5.75 Å². The maximum absolute atomic E-state index is 14.0. The summed E-state index contributed by atoms with van der Waals surface area (Å²) in [6.45, 7) is 9.42. The number of carbonyl (C=O) groups excluding carboxylic acids is 2. The van der Waals surface area contributed by atoms with Crippen LogP contribution in [-0.2, 0) is 26.2 Å². The van der Waals surface area contributed by atoms with Crippen LogP contribution < -0.4 is 14.4 Å². The van der Waals surface area contributed by atoms with E-state index < -0.39 is 28.5 Å². The van der Waals surface area contributed by atoms with Crippen LogP contribution in [0, 0.1) is 13.8 Å². The first-order valence-electron chi connectivity index (χ1n) is 13.0. The Morgan fingerprint density at radius 3 is 2.26 bits per heavy atom. The lowest BCUT2D eigenvalue weighted by molar-refractivity contribution is -0.139. The van der Waals surface area contributed by atoms with E-state index >= 15 is 0 Å². The molecule has 1 atom stereocenters. The Morgan fingerprint density at radius 2 is 1.62 bits per heavy atom. The largest absolute Gasteiger partial charge is 0.492 e. The van der Waals surface area contributed by atoms with Crippen molar-refractivity contribution in [1.29, 1.82) is 0 Å². The molecule has 3 aromatic rings. The number of anilines is 1. The lowest BCUT2D eigenvalue weighted by Crippen LogP contribution is -2.51. The minimum absolute atomic E-state index is 0.0502. The van der Waals surface area contributed by atoms with Gasteiger partial charge in [-0.05, 0) is 64.4 Å². The average molecular weight is 552 g/mol. The number of para-hydroxylation sites is 2. The summed E-state index contributed by atoms with van der Waals surface area (Å²) in [5.41, 5.74) is 3.00. The molecule has 0 spiro atoms. The van der Waals surface area contributed by atoms with Crippen molar-refractivity contribution >= 4 is 27.5 Å². The highest BCUT2D eigenvalue weighted by Gasteiger charge is 2.33. The second-order valence-corrected chi connectivity index (χ2v) is 11.2. The zero-order valence-corrected chi connectivity index (χ0v) is 24.0. The number of sulfonamides is 1. The smallest absolute Gasteiger partial charge is 0.264 e. The van der Waals surface area contributed by atoms with E-state index in [9.17, 15) is 18.0 Å². The molecule has 0 heterocycles. The summed E-state index contributed by atoms with van der Waals surface area (Å²) in [4.78, 5) is 28.3. The molecule has 0 saturated heterocycles. The number of nitrogens with one attached hydrogen (secondary N) is 1. The molecule has 9 heteroatoms. The molecule has 208 valence electrons. The molecule has 0 bridgehead atoms. The fourth-order valence-electron chi connectivity index (χ4n) is 4.20. The second-order valence-electron chi connectivity index (χ2n) is 9.31. The minimum Gasteiger partial charge on any atom is -0.492 e. The number of ether oxygens (including phenoxy) is 1. The van der Waals surface area contributed by atoms with Gasteiger partial charge in [-0.15, -0.1) is 0 Å². The molecule has 0 aliphatic carbocycles. The van der Waals surface area contributed by atoms with E-state index in [2.05, 4.69) is 5.32 Å². The van der Waals surface area contributed by atoms with Crippen molar-refractivity contribution in [3.63, 3.8) is 0 Å². The van der Waals surface area contributed by atoms with E-state index in [0.29, 0.717) is 18.9 Å². The molecule has 0 fully saturated rings. The van der Waals surface area contributed by atoms with Crippen molar-refractivity contribution in [1.82, 2.24) is 10.2 Å². The Morgan fingerprint density at radius 1 is 0.923 bits per heavy atom. The van der Waals surface area contributed by atoms with Gasteiger partial charge in [-0.1, -0.05) is 59.7 Å². The highest BCUT2D eigenvalue weighted by atomic mass is 32.2. The Hall–Kier alpha value is -3.85. The van der Waals surface area contributed by atoms with Crippen LogP contribution in [0.15, 0.2) is 77.7 Å². The van der Waals surface area contributed by atoms with E-state index in [4.69, 9.17) is 4.74 Å². The Bertz CT molecular complexity index is 1390. The number of hydrogen-bond donors (Lipinski definition) is 1. The summed E-state index contributed by atoms with van der Waals surface area (Å²) in [7, 11) is -4.17. The van der Waals surface area contributed by atoms with Gasteiger partial charge in [0.15, 0.2) is 0 Å². The van der Waals surface area contributed by atoms with Gasteiger partial charge in [0.1, 0.15) is 18.3 Å². The van der Waals surface area contributed by atoms with Crippen LogP contribution in [0.4, 0.5) is 5.69 Å². The zero-order valence-electron chi connectivity index (χ0n) is 23.2. The van der Waals surface area contributed by atoms with Crippen LogP contribution in [0.3, 0.4) is 0 Å². The van der Waals surface area contributed by atoms with Crippen molar-refractivity contribution < 1.29 is 22.7 Å². The molecule has 3 rings (SSSR count). The fourth-order valence-corrected chi connectivity index (χ4v) is 5.63. The summed E-state index contributed by atoms with van der Waals surface area (Å²) in [5, 5.41) is 2.77. The van der Waals surface area contributed by atoms with Crippen LogP contribution in [0.1, 0.15) is 37.5 Å². The summed E-state index contributed by atoms with van der Waals surface area (Å²) in [5.74, 6) is -0.496. The molecule has 0 unspecified atom stereocenters. The summed E-state index contributed by atoms with van der Waals surface area (Å²) in [6, 6.07) is 20.0. The van der Waals surface area contributed by atoms with Gasteiger partial charge in [0.05, 0.1) is 17.2 Å². The number of nitrogens with zero attached hydrogens (tertiary/aromatic N) is 2. The first-order valence-corrected chi connectivity index (χ1v) is 14.5. The molecule has 3 aromatic carbocycles. The van der Waals surface area contributed by atoms with Gasteiger partial charge in [-0.25, -0.2) is 8.42 Å². The van der Waals surface area contributed by atoms with Crippen molar-refractivity contribution in [2.45, 2.75) is 52.1 Å². The van der Waals surface area contributed by atoms with Crippen molar-refractivity contribution in [2.75, 3.05) is 24.0 Å². The number of carbonyl (C=O) groups is 2. The normalized spacial score (nSPS) is 11.9. The third kappa shape index (κ3) is 7.38. The van der Waals surface area contributed by atoms with E-state index in [1.54, 1.807) is 57.2 Å². The van der Waals surface area contributed by atoms with Gasteiger partial charge in [-0.2, -0.15) is 0 Å². The number of hydrogen-bond acceptors (Lipinski definition) is 5. The van der Waals surface area contributed by atoms with Gasteiger partial charge in [0, 0.05) is 13.1 Å². The van der Waals surface area contributed by atoms with Gasteiger partial charge >= 0.3 is 0 Å². The fraction of sp³-hybridized carbons (Fsp3) is 0.333. The molecule has 0 aliphatic heterocycles. The third-order valence-electron chi connectivity index (χ3n) is 6.28. The molecular formula is C30H37N3O5S. The lowest BCUT2D eigenvalue weighted by atomic mass is 10.1. The van der Waals surface area contributed by atoms with E-state index in [1.165, 1.54) is 17.0 Å². The van der Waals surface area contributed by atoms with Crippen molar-refractivity contribution in [3.05, 3.63) is 89.5 Å². The SMILES string of the molecule is CCNC(=O)[C@H](C)N(Cc1cccc(C)c1)C(=O)CN(c1ccccc1OCC)S(=O)(=O)c1ccc(C)cc1. The van der Waals surface area contributed by atoms with Crippen LogP contribution in [-0.4, -0.2) is 50.9 Å². The highest BCUT2D eigenvalue weighted by molar-refractivity contribution is 7.92. The maximum Gasteiger partial charge on any atom is 0.264 e. The zero-order chi connectivity index (χ0) is 28.6. The molecule has 39 heavy (non-hydrogen) atoms. The Kier molecular flexibility index (Phi) is 10.1. The monoisotopic (exact) mass is 551 g/mol. The second kappa shape index (κ2) is 13.3. The van der Waals surface area contributed by atoms with Crippen LogP contribution in [0.5, 0.6) is 5.75 Å². The summed E-state index contributed by atoms with van der Waals surface area (Å²) < 4.78 is 34.8. The van der Waals surface area contributed by atoms with Gasteiger partial charge < -0.3 is 15.0 Å². The molecule has 0 radical (unpaired) electrons. The molecule has 8 nitrogen and oxygen atoms in total. The number of aryl methyl sites for hydroxylation is 2. The third-order valence-corrected chi connectivity index (χ3v) is 8.05. The van der Waals surface area contributed by atoms with Gasteiger partial charge in [0.2, 0.25) is 11.8 Å². The summed E-state index contributed by atoms with van der Waals surface area (Å²) >= 11 is 0. The van der Waals surface area contributed by atoms with Gasteiger partial charge in [0.25, 0.3) is 10.0 Å². The minimum atomic E-state index is -4.17. The number of benzene rings is 3. The number of amides is 2. The quantitative estimate of drug-likeness (QED) is 0.359.